The van der Waals surface area contributed by atoms with Crippen LogP contribution in [0, 0.1) is 4.91 Å². The van der Waals surface area contributed by atoms with Crippen LogP contribution in [0.5, 0.6) is 0 Å². The fourth-order valence-electron chi connectivity index (χ4n) is 3.50. The second-order valence-corrected chi connectivity index (χ2v) is 6.53. The zero-order valence-corrected chi connectivity index (χ0v) is 14.1. The largest absolute Gasteiger partial charge is 0.331 e. The number of hydrogen-bond acceptors (Lipinski definition) is 5. The standard InChI is InChI=1S/C18H13BN4O4/c19-12-3-1-11(2-4-12)18(16(25)20-17(26)21-18)9-23-8-10-7-13(22-27)5-6-14(10)15(23)24/h1-7H,8-9H2,(H2,20,21,25,26)/t18-/m0/s1. The number of nitroso groups, excluding NO2 is 1. The van der Waals surface area contributed by atoms with Crippen LogP contribution in [-0.2, 0) is 16.9 Å². The first-order valence-electron chi connectivity index (χ1n) is 8.18. The lowest BCUT2D eigenvalue weighted by Crippen LogP contribution is -2.52. The molecule has 0 saturated carbocycles. The molecule has 1 atom stereocenters. The molecule has 9 heteroatoms. The predicted molar refractivity (Wildman–Crippen MR) is 96.8 cm³/mol. The Morgan fingerprint density at radius 1 is 1.11 bits per heavy atom. The van der Waals surface area contributed by atoms with E-state index in [-0.39, 0.29) is 24.7 Å². The summed E-state index contributed by atoms with van der Waals surface area (Å²) in [5, 5.41) is 7.76. The van der Waals surface area contributed by atoms with Crippen LogP contribution in [0.15, 0.2) is 47.6 Å². The predicted octanol–water partition coefficient (Wildman–Crippen LogP) is 0.569. The molecule has 132 valence electrons. The van der Waals surface area contributed by atoms with Crippen LogP contribution in [-0.4, -0.2) is 37.1 Å². The number of carbonyl (C=O) groups is 3. The maximum Gasteiger partial charge on any atom is 0.322 e. The third-order valence-corrected chi connectivity index (χ3v) is 4.85. The molecule has 27 heavy (non-hydrogen) atoms. The highest BCUT2D eigenvalue weighted by Gasteiger charge is 2.50. The van der Waals surface area contributed by atoms with Crippen molar-refractivity contribution in [2.45, 2.75) is 12.1 Å². The summed E-state index contributed by atoms with van der Waals surface area (Å²) in [5.74, 6) is -0.831. The van der Waals surface area contributed by atoms with E-state index in [0.29, 0.717) is 22.2 Å². The summed E-state index contributed by atoms with van der Waals surface area (Å²) < 4.78 is 0. The van der Waals surface area contributed by atoms with Crippen molar-refractivity contribution in [2.75, 3.05) is 6.54 Å². The van der Waals surface area contributed by atoms with E-state index < -0.39 is 17.5 Å². The van der Waals surface area contributed by atoms with E-state index in [1.165, 1.54) is 17.0 Å². The Morgan fingerprint density at radius 2 is 1.85 bits per heavy atom. The van der Waals surface area contributed by atoms with E-state index in [1.807, 2.05) is 0 Å². The number of nitrogens with one attached hydrogen (secondary N) is 2. The molecule has 4 rings (SSSR count). The molecule has 2 radical (unpaired) electrons. The fraction of sp³-hybridized carbons (Fsp3) is 0.167. The van der Waals surface area contributed by atoms with Gasteiger partial charge in [0.05, 0.1) is 6.54 Å². The Balaban J connectivity index is 1.70. The van der Waals surface area contributed by atoms with Crippen molar-refractivity contribution in [1.82, 2.24) is 15.5 Å². The van der Waals surface area contributed by atoms with Gasteiger partial charge in [-0.2, -0.15) is 0 Å². The first-order chi connectivity index (χ1) is 12.9. The lowest BCUT2D eigenvalue weighted by molar-refractivity contribution is -0.124. The highest BCUT2D eigenvalue weighted by atomic mass is 16.3. The third kappa shape index (κ3) is 2.68. The lowest BCUT2D eigenvalue weighted by Gasteiger charge is -2.31. The molecule has 2 aliphatic heterocycles. The van der Waals surface area contributed by atoms with E-state index >= 15 is 0 Å². The number of hydrogen-bond donors (Lipinski definition) is 2. The summed E-state index contributed by atoms with van der Waals surface area (Å²) in [6.07, 6.45) is 0. The van der Waals surface area contributed by atoms with Crippen molar-refractivity contribution in [3.05, 3.63) is 64.1 Å². The van der Waals surface area contributed by atoms with Crippen LogP contribution < -0.4 is 16.1 Å². The Labute approximate surface area is 155 Å². The SMILES string of the molecule is [B]c1ccc([C@]2(CN3Cc4cc(N=O)ccc4C3=O)NC(=O)NC2=O)cc1. The van der Waals surface area contributed by atoms with Crippen LogP contribution in [0.2, 0.25) is 0 Å². The molecule has 4 amide bonds. The molecular formula is C18H13BN4O4. The zero-order chi connectivity index (χ0) is 19.2. The molecule has 0 spiro atoms. The normalized spacial score (nSPS) is 21.0. The number of nitrogens with zero attached hydrogens (tertiary/aromatic N) is 2. The van der Waals surface area contributed by atoms with Gasteiger partial charge in [0.25, 0.3) is 11.8 Å². The van der Waals surface area contributed by atoms with Crippen molar-refractivity contribution in [3.63, 3.8) is 0 Å². The Hall–Kier alpha value is -3.49. The van der Waals surface area contributed by atoms with Gasteiger partial charge in [0, 0.05) is 12.1 Å². The topological polar surface area (TPSA) is 108 Å². The van der Waals surface area contributed by atoms with Crippen LogP contribution in [0.4, 0.5) is 10.5 Å². The Kier molecular flexibility index (Phi) is 3.80. The van der Waals surface area contributed by atoms with Crippen molar-refractivity contribution in [1.29, 1.82) is 0 Å². The maximum atomic E-state index is 12.8. The second kappa shape index (κ2) is 6.05. The zero-order valence-electron chi connectivity index (χ0n) is 14.1. The molecule has 2 heterocycles. The van der Waals surface area contributed by atoms with Crippen molar-refractivity contribution < 1.29 is 14.4 Å². The van der Waals surface area contributed by atoms with Gasteiger partial charge in [0.15, 0.2) is 5.54 Å². The molecule has 1 saturated heterocycles. The monoisotopic (exact) mass is 360 g/mol. The number of urea groups is 1. The second-order valence-electron chi connectivity index (χ2n) is 6.53. The molecule has 0 unspecified atom stereocenters. The van der Waals surface area contributed by atoms with E-state index in [0.717, 1.165) is 0 Å². The molecule has 0 aliphatic carbocycles. The number of imide groups is 1. The van der Waals surface area contributed by atoms with Gasteiger partial charge < -0.3 is 10.2 Å². The average Bonchev–Trinajstić information content (AvgIpc) is 3.11. The first-order valence-corrected chi connectivity index (χ1v) is 8.18. The van der Waals surface area contributed by atoms with Crippen molar-refractivity contribution in [3.8, 4) is 0 Å². The lowest BCUT2D eigenvalue weighted by atomic mass is 9.86. The summed E-state index contributed by atoms with van der Waals surface area (Å²) >= 11 is 0. The van der Waals surface area contributed by atoms with Gasteiger partial charge in [-0.05, 0) is 34.5 Å². The smallest absolute Gasteiger partial charge is 0.322 e. The summed E-state index contributed by atoms with van der Waals surface area (Å²) in [5.41, 5.74) is 0.919. The van der Waals surface area contributed by atoms with Crippen LogP contribution >= 0.6 is 0 Å². The number of fused-ring (bicyclic) bond motifs is 1. The van der Waals surface area contributed by atoms with E-state index in [9.17, 15) is 19.3 Å². The van der Waals surface area contributed by atoms with E-state index in [1.54, 1.807) is 30.3 Å². The summed E-state index contributed by atoms with van der Waals surface area (Å²) in [6.45, 7) is 0.142. The minimum absolute atomic E-state index is 0.0636. The summed E-state index contributed by atoms with van der Waals surface area (Å²) in [7, 11) is 5.71. The van der Waals surface area contributed by atoms with Gasteiger partial charge in [-0.1, -0.05) is 29.7 Å². The molecule has 8 nitrogen and oxygen atoms in total. The maximum absolute atomic E-state index is 12.8. The summed E-state index contributed by atoms with van der Waals surface area (Å²) in [4.78, 5) is 49.4. The van der Waals surface area contributed by atoms with Crippen LogP contribution in [0.1, 0.15) is 21.5 Å². The van der Waals surface area contributed by atoms with Gasteiger partial charge in [-0.3, -0.25) is 14.9 Å². The van der Waals surface area contributed by atoms with Gasteiger partial charge in [-0.25, -0.2) is 4.79 Å². The molecule has 2 aromatic rings. The van der Waals surface area contributed by atoms with Crippen LogP contribution in [0.25, 0.3) is 0 Å². The Bertz CT molecular complexity index is 991. The van der Waals surface area contributed by atoms with E-state index in [4.69, 9.17) is 7.85 Å². The average molecular weight is 360 g/mol. The van der Waals surface area contributed by atoms with Gasteiger partial charge in [0.2, 0.25) is 0 Å². The van der Waals surface area contributed by atoms with Gasteiger partial charge >= 0.3 is 6.03 Å². The molecule has 1 fully saturated rings. The highest BCUT2D eigenvalue weighted by molar-refractivity contribution is 6.32. The Morgan fingerprint density at radius 3 is 2.48 bits per heavy atom. The van der Waals surface area contributed by atoms with Crippen molar-refractivity contribution >= 4 is 36.8 Å². The highest BCUT2D eigenvalue weighted by Crippen LogP contribution is 2.32. The molecule has 0 aromatic heterocycles. The molecule has 2 aliphatic rings. The third-order valence-electron chi connectivity index (χ3n) is 4.85. The van der Waals surface area contributed by atoms with Crippen molar-refractivity contribution in [2.24, 2.45) is 5.18 Å². The quantitative estimate of drug-likeness (QED) is 0.472. The number of carbonyl (C=O) groups excluding carboxylic acids is 3. The number of benzene rings is 2. The molecule has 0 bridgehead atoms. The summed E-state index contributed by atoms with van der Waals surface area (Å²) in [6, 6.07) is 10.4. The molecule has 2 N–H and O–H groups in total. The van der Waals surface area contributed by atoms with Crippen LogP contribution in [0.3, 0.4) is 0 Å². The van der Waals surface area contributed by atoms with E-state index in [2.05, 4.69) is 15.8 Å². The number of amides is 4. The minimum atomic E-state index is -1.42. The van der Waals surface area contributed by atoms with Gasteiger partial charge in [-0.15, -0.1) is 4.91 Å². The minimum Gasteiger partial charge on any atom is -0.331 e. The molecule has 2 aromatic carbocycles. The number of rotatable bonds is 4. The van der Waals surface area contributed by atoms with Gasteiger partial charge in [0.1, 0.15) is 13.5 Å². The fourth-order valence-corrected chi connectivity index (χ4v) is 3.50. The first kappa shape index (κ1) is 17.0. The molecular weight excluding hydrogens is 347 g/mol.